The molecule has 2 aromatic heterocycles. The van der Waals surface area contributed by atoms with E-state index in [2.05, 4.69) is 15.3 Å². The van der Waals surface area contributed by atoms with Gasteiger partial charge in [0.2, 0.25) is 0 Å². The van der Waals surface area contributed by atoms with Crippen LogP contribution in [0.4, 0.5) is 0 Å². The summed E-state index contributed by atoms with van der Waals surface area (Å²) in [6.45, 7) is 1.56. The number of piperazine rings is 1. The van der Waals surface area contributed by atoms with Crippen LogP contribution in [-0.4, -0.2) is 60.2 Å². The number of rotatable bonds is 4. The van der Waals surface area contributed by atoms with Gasteiger partial charge in [0, 0.05) is 18.6 Å². The summed E-state index contributed by atoms with van der Waals surface area (Å²) in [5, 5.41) is 7.68. The van der Waals surface area contributed by atoms with Gasteiger partial charge in [0.25, 0.3) is 0 Å². The van der Waals surface area contributed by atoms with Crippen LogP contribution in [0.5, 0.6) is 0 Å². The van der Waals surface area contributed by atoms with Crippen LogP contribution in [0.25, 0.3) is 5.69 Å². The Hall–Kier alpha value is -2.77. The second kappa shape index (κ2) is 5.11. The van der Waals surface area contributed by atoms with Crippen LogP contribution in [0.1, 0.15) is 25.0 Å². The van der Waals surface area contributed by atoms with Gasteiger partial charge in [-0.25, -0.2) is 4.68 Å². The number of pyridine rings is 1. The molecule has 0 aromatic carbocycles. The summed E-state index contributed by atoms with van der Waals surface area (Å²) in [6.07, 6.45) is 8.27. The third-order valence-electron chi connectivity index (χ3n) is 5.74. The Morgan fingerprint density at radius 2 is 1.96 bits per heavy atom. The highest BCUT2D eigenvalue weighted by Gasteiger charge is 2.62. The molecular weight excluding hydrogens is 320 g/mol. The average Bonchev–Trinajstić information content (AvgIpc) is 3.07. The van der Waals surface area contributed by atoms with Gasteiger partial charge in [0.1, 0.15) is 0 Å². The van der Waals surface area contributed by atoms with Crippen molar-refractivity contribution in [1.82, 2.24) is 29.8 Å². The van der Waals surface area contributed by atoms with Crippen molar-refractivity contribution in [2.75, 3.05) is 13.1 Å². The summed E-state index contributed by atoms with van der Waals surface area (Å²) in [6, 6.07) is 3.73. The molecule has 0 spiro atoms. The van der Waals surface area contributed by atoms with Gasteiger partial charge in [-0.05, 0) is 37.3 Å². The zero-order valence-corrected chi connectivity index (χ0v) is 13.7. The zero-order valence-electron chi connectivity index (χ0n) is 13.7. The number of hydrogen-bond acceptors (Lipinski definition) is 5. The van der Waals surface area contributed by atoms with E-state index in [1.54, 1.807) is 28.2 Å². The zero-order chi connectivity index (χ0) is 17.0. The molecule has 1 aliphatic heterocycles. The van der Waals surface area contributed by atoms with Crippen molar-refractivity contribution < 1.29 is 9.59 Å². The van der Waals surface area contributed by atoms with E-state index in [0.29, 0.717) is 19.6 Å². The highest BCUT2D eigenvalue weighted by atomic mass is 16.2. The Bertz CT molecular complexity index is 814. The number of aromatic nitrogens is 4. The van der Waals surface area contributed by atoms with Crippen molar-refractivity contribution in [3.8, 4) is 5.69 Å². The minimum Gasteiger partial charge on any atom is -0.327 e. The number of hydrogen-bond donors (Lipinski definition) is 0. The van der Waals surface area contributed by atoms with Gasteiger partial charge in [-0.15, -0.1) is 5.10 Å². The number of carbonyl (C=O) groups excluding carboxylic acids is 2. The molecule has 0 N–H and O–H groups in total. The molecule has 3 aliphatic carbocycles. The van der Waals surface area contributed by atoms with E-state index in [1.807, 2.05) is 17.0 Å². The molecule has 6 rings (SSSR count). The second-order valence-electron chi connectivity index (χ2n) is 7.24. The van der Waals surface area contributed by atoms with E-state index < -0.39 is 5.91 Å². The van der Waals surface area contributed by atoms with E-state index in [9.17, 15) is 9.59 Å². The predicted octanol–water partition coefficient (Wildman–Crippen LogP) is 0.386. The standard InChI is InChI=1S/C17H18N6O2/c24-15-16(25)22(17-7-12(8-17)9-17)6-5-21(15)11-13-1-2-14(10-18-13)23-4-3-19-20-23/h1-4,10,12H,5-9,11H2. The summed E-state index contributed by atoms with van der Waals surface area (Å²) in [5.74, 6) is 0.0374. The SMILES string of the molecule is O=C1C(=O)N(C23CC(C2)C3)CCN1Cc1ccc(-n2ccnn2)cn1. The Balaban J connectivity index is 1.27. The molecule has 2 aromatic rings. The number of nitrogens with zero attached hydrogens (tertiary/aromatic N) is 6. The molecule has 0 radical (unpaired) electrons. The monoisotopic (exact) mass is 338 g/mol. The van der Waals surface area contributed by atoms with Crippen molar-refractivity contribution in [3.05, 3.63) is 36.4 Å². The molecule has 8 nitrogen and oxygen atoms in total. The lowest BCUT2D eigenvalue weighted by molar-refractivity contribution is -0.186. The fourth-order valence-electron chi connectivity index (χ4n) is 4.23. The van der Waals surface area contributed by atoms with E-state index in [-0.39, 0.29) is 11.4 Å². The van der Waals surface area contributed by atoms with Crippen LogP contribution in [0, 0.1) is 5.92 Å². The quantitative estimate of drug-likeness (QED) is 0.753. The van der Waals surface area contributed by atoms with Crippen molar-refractivity contribution in [2.45, 2.75) is 31.3 Å². The van der Waals surface area contributed by atoms with Crippen LogP contribution in [0.2, 0.25) is 0 Å². The van der Waals surface area contributed by atoms with E-state index >= 15 is 0 Å². The second-order valence-corrected chi connectivity index (χ2v) is 7.24. The van der Waals surface area contributed by atoms with Gasteiger partial charge in [0.05, 0.1) is 36.5 Å². The molecule has 0 unspecified atom stereocenters. The van der Waals surface area contributed by atoms with Crippen LogP contribution < -0.4 is 0 Å². The van der Waals surface area contributed by atoms with Gasteiger partial charge >= 0.3 is 11.8 Å². The first-order chi connectivity index (χ1) is 12.1. The summed E-state index contributed by atoms with van der Waals surface area (Å²) in [7, 11) is 0. The lowest BCUT2D eigenvalue weighted by atomic mass is 9.49. The third-order valence-corrected chi connectivity index (χ3v) is 5.74. The van der Waals surface area contributed by atoms with Crippen LogP contribution in [-0.2, 0) is 16.1 Å². The van der Waals surface area contributed by atoms with E-state index in [1.165, 1.54) is 0 Å². The molecule has 2 amide bonds. The third kappa shape index (κ3) is 2.16. The maximum absolute atomic E-state index is 12.5. The fourth-order valence-corrected chi connectivity index (χ4v) is 4.23. The van der Waals surface area contributed by atoms with Crippen molar-refractivity contribution >= 4 is 11.8 Å². The lowest BCUT2D eigenvalue weighted by Crippen LogP contribution is -2.73. The largest absolute Gasteiger partial charge is 0.327 e. The smallest absolute Gasteiger partial charge is 0.312 e. The summed E-state index contributed by atoms with van der Waals surface area (Å²) >= 11 is 0. The van der Waals surface area contributed by atoms with Crippen molar-refractivity contribution in [2.24, 2.45) is 5.92 Å². The van der Waals surface area contributed by atoms with Gasteiger partial charge in [0.15, 0.2) is 0 Å². The maximum atomic E-state index is 12.5. The van der Waals surface area contributed by atoms with Crippen LogP contribution >= 0.6 is 0 Å². The number of amides is 2. The van der Waals surface area contributed by atoms with Gasteiger partial charge in [-0.3, -0.25) is 14.6 Å². The molecule has 0 atom stereocenters. The first kappa shape index (κ1) is 14.6. The van der Waals surface area contributed by atoms with Gasteiger partial charge in [-0.1, -0.05) is 5.21 Å². The highest BCUT2D eigenvalue weighted by Crippen LogP contribution is 2.60. The Labute approximate surface area is 144 Å². The molecule has 2 bridgehead atoms. The summed E-state index contributed by atoms with van der Waals surface area (Å²) in [5.41, 5.74) is 1.57. The molecule has 1 saturated heterocycles. The minimum atomic E-state index is -0.405. The molecular formula is C17H18N6O2. The predicted molar refractivity (Wildman–Crippen MR) is 86.4 cm³/mol. The molecule has 3 heterocycles. The van der Waals surface area contributed by atoms with Crippen molar-refractivity contribution in [3.63, 3.8) is 0 Å². The molecule has 4 fully saturated rings. The fraction of sp³-hybridized carbons (Fsp3) is 0.471. The average molecular weight is 338 g/mol. The van der Waals surface area contributed by atoms with E-state index in [0.717, 1.165) is 36.6 Å². The summed E-state index contributed by atoms with van der Waals surface area (Å²) < 4.78 is 1.62. The molecule has 4 aliphatic rings. The molecule has 3 saturated carbocycles. The highest BCUT2D eigenvalue weighted by molar-refractivity contribution is 6.35. The van der Waals surface area contributed by atoms with Crippen LogP contribution in [0.3, 0.4) is 0 Å². The van der Waals surface area contributed by atoms with Crippen LogP contribution in [0.15, 0.2) is 30.7 Å². The lowest BCUT2D eigenvalue weighted by Gasteiger charge is -2.66. The Kier molecular flexibility index (Phi) is 2.98. The normalized spacial score (nSPS) is 27.9. The maximum Gasteiger partial charge on any atom is 0.312 e. The molecule has 8 heteroatoms. The summed E-state index contributed by atoms with van der Waals surface area (Å²) in [4.78, 5) is 32.8. The molecule has 25 heavy (non-hydrogen) atoms. The van der Waals surface area contributed by atoms with Crippen molar-refractivity contribution in [1.29, 1.82) is 0 Å². The number of carbonyl (C=O) groups is 2. The molecule has 128 valence electrons. The Morgan fingerprint density at radius 3 is 2.56 bits per heavy atom. The van der Waals surface area contributed by atoms with Gasteiger partial charge in [-0.2, -0.15) is 0 Å². The first-order valence-electron chi connectivity index (χ1n) is 8.57. The minimum absolute atomic E-state index is 0.0151. The first-order valence-corrected chi connectivity index (χ1v) is 8.57. The van der Waals surface area contributed by atoms with Gasteiger partial charge < -0.3 is 9.80 Å². The topological polar surface area (TPSA) is 84.2 Å². The van der Waals surface area contributed by atoms with E-state index in [4.69, 9.17) is 0 Å². The Morgan fingerprint density at radius 1 is 1.12 bits per heavy atom.